The number of carbonyl (C=O) groups excluding carboxylic acids is 2. The number of aliphatic hydroxyl groups is 1. The minimum Gasteiger partial charge on any atom is -0.392 e. The summed E-state index contributed by atoms with van der Waals surface area (Å²) in [6.07, 6.45) is 3.29. The molecule has 1 saturated carbocycles. The lowest BCUT2D eigenvalue weighted by Gasteiger charge is -2.30. The van der Waals surface area contributed by atoms with Crippen LogP contribution in [0.1, 0.15) is 61.5 Å². The van der Waals surface area contributed by atoms with E-state index in [4.69, 9.17) is 0 Å². The number of benzene rings is 2. The Morgan fingerprint density at radius 2 is 1.85 bits per heavy atom. The maximum absolute atomic E-state index is 13.3. The normalized spacial score (nSPS) is 19.2. The average molecular weight is 453 g/mol. The number of imidazole rings is 1. The standard InChI is InChI=1S/C25H29FN4O3/c1-15(2)23(32)27-19-8-10-20(11-9-19)30-22-13-16(14-31)3-12-21(22)28-25(30)29-24(33)17-4-6-18(26)7-5-17/h3-7,12-13,15,19-20,31H,8-11,14H2,1-2H3,(H,27,32)(H,28,29,33). The minimum absolute atomic E-state index is 0.0505. The van der Waals surface area contributed by atoms with Crippen LogP contribution in [0.15, 0.2) is 47.5 Å². The molecule has 2 aromatic carbocycles. The minimum atomic E-state index is -0.462. The van der Waals surface area contributed by atoms with Crippen LogP contribution >= 0.6 is 0 Å². The molecular weight excluding hydrogens is 423 g/mol. The first-order valence-electron chi connectivity index (χ1n) is 11.3. The van der Waals surface area contributed by atoms with Gasteiger partial charge in [0.25, 0.3) is 5.91 Å². The smallest absolute Gasteiger partial charge is 0.280 e. The molecule has 8 heteroatoms. The molecule has 0 spiro atoms. The molecule has 1 aliphatic carbocycles. The number of H-pyrrole nitrogens is 1. The van der Waals surface area contributed by atoms with Crippen molar-refractivity contribution in [2.45, 2.75) is 58.2 Å². The van der Waals surface area contributed by atoms with E-state index < -0.39 is 11.7 Å². The summed E-state index contributed by atoms with van der Waals surface area (Å²) in [4.78, 5) is 32.4. The molecule has 7 nitrogen and oxygen atoms in total. The van der Waals surface area contributed by atoms with Crippen molar-refractivity contribution in [1.29, 1.82) is 0 Å². The SMILES string of the molecule is CC(C)C(=O)NC1CCC(n2c(=NC(=O)c3ccc(F)cc3)[nH]c3ccc(CO)cc32)CC1. The second-order valence-corrected chi connectivity index (χ2v) is 8.92. The summed E-state index contributed by atoms with van der Waals surface area (Å²) in [5, 5.41) is 12.7. The van der Waals surface area contributed by atoms with Crippen LogP contribution in [0.5, 0.6) is 0 Å². The zero-order chi connectivity index (χ0) is 23.5. The third-order valence-corrected chi connectivity index (χ3v) is 6.21. The molecule has 4 rings (SSSR count). The summed E-state index contributed by atoms with van der Waals surface area (Å²) < 4.78 is 15.3. The van der Waals surface area contributed by atoms with Gasteiger partial charge in [0.05, 0.1) is 17.6 Å². The molecule has 0 unspecified atom stereocenters. The Labute approximate surface area is 191 Å². The largest absolute Gasteiger partial charge is 0.392 e. The van der Waals surface area contributed by atoms with Gasteiger partial charge in [-0.25, -0.2) is 4.39 Å². The van der Waals surface area contributed by atoms with E-state index in [9.17, 15) is 19.1 Å². The zero-order valence-electron chi connectivity index (χ0n) is 18.8. The first-order chi connectivity index (χ1) is 15.9. The van der Waals surface area contributed by atoms with Gasteiger partial charge in [0.15, 0.2) is 0 Å². The Morgan fingerprint density at radius 1 is 1.15 bits per heavy atom. The Bertz CT molecular complexity index is 1220. The quantitative estimate of drug-likeness (QED) is 0.552. The van der Waals surface area contributed by atoms with Gasteiger partial charge in [-0.2, -0.15) is 4.99 Å². The predicted octanol–water partition coefficient (Wildman–Crippen LogP) is 3.60. The molecule has 3 N–H and O–H groups in total. The van der Waals surface area contributed by atoms with E-state index >= 15 is 0 Å². The van der Waals surface area contributed by atoms with Gasteiger partial charge in [0, 0.05) is 23.6 Å². The van der Waals surface area contributed by atoms with Crippen molar-refractivity contribution >= 4 is 22.8 Å². The molecule has 0 aliphatic heterocycles. The van der Waals surface area contributed by atoms with E-state index in [1.165, 1.54) is 24.3 Å². The molecule has 0 saturated heterocycles. The van der Waals surface area contributed by atoms with Gasteiger partial charge in [-0.1, -0.05) is 19.9 Å². The summed E-state index contributed by atoms with van der Waals surface area (Å²) in [6, 6.07) is 11.1. The van der Waals surface area contributed by atoms with Crippen LogP contribution in [0, 0.1) is 11.7 Å². The van der Waals surface area contributed by atoms with Crippen molar-refractivity contribution in [2.75, 3.05) is 0 Å². The van der Waals surface area contributed by atoms with Gasteiger partial charge in [-0.05, 0) is 67.6 Å². The lowest BCUT2D eigenvalue weighted by atomic mass is 9.90. The van der Waals surface area contributed by atoms with E-state index in [0.29, 0.717) is 11.2 Å². The molecular formula is C25H29FN4O3. The number of rotatable bonds is 5. The lowest BCUT2D eigenvalue weighted by Crippen LogP contribution is -2.40. The summed E-state index contributed by atoms with van der Waals surface area (Å²) in [6.45, 7) is 3.68. The zero-order valence-corrected chi connectivity index (χ0v) is 18.8. The Morgan fingerprint density at radius 3 is 2.48 bits per heavy atom. The molecule has 3 aromatic rings. The number of carbonyl (C=O) groups is 2. The third kappa shape index (κ3) is 5.06. The number of fused-ring (bicyclic) bond motifs is 1. The second kappa shape index (κ2) is 9.70. The first kappa shape index (κ1) is 22.9. The average Bonchev–Trinajstić information content (AvgIpc) is 3.16. The van der Waals surface area contributed by atoms with Gasteiger partial charge < -0.3 is 20.0 Å². The number of aromatic nitrogens is 2. The van der Waals surface area contributed by atoms with Crippen LogP contribution in [-0.2, 0) is 11.4 Å². The van der Waals surface area contributed by atoms with Crippen LogP contribution in [0.25, 0.3) is 11.0 Å². The van der Waals surface area contributed by atoms with Crippen LogP contribution in [0.3, 0.4) is 0 Å². The monoisotopic (exact) mass is 452 g/mol. The Kier molecular flexibility index (Phi) is 6.74. The maximum Gasteiger partial charge on any atom is 0.280 e. The molecule has 0 radical (unpaired) electrons. The molecule has 0 bridgehead atoms. The van der Waals surface area contributed by atoms with Gasteiger partial charge >= 0.3 is 0 Å². The Balaban J connectivity index is 1.68. The molecule has 1 fully saturated rings. The molecule has 174 valence electrons. The van der Waals surface area contributed by atoms with Crippen molar-refractivity contribution in [3.63, 3.8) is 0 Å². The van der Waals surface area contributed by atoms with Gasteiger partial charge in [-0.15, -0.1) is 0 Å². The molecule has 0 atom stereocenters. The second-order valence-electron chi connectivity index (χ2n) is 8.92. The lowest BCUT2D eigenvalue weighted by molar-refractivity contribution is -0.125. The van der Waals surface area contributed by atoms with Gasteiger partial charge in [0.2, 0.25) is 11.5 Å². The fraction of sp³-hybridized carbons (Fsp3) is 0.400. The fourth-order valence-corrected chi connectivity index (χ4v) is 4.33. The molecule has 1 aliphatic rings. The van der Waals surface area contributed by atoms with E-state index in [1.807, 2.05) is 36.6 Å². The fourth-order valence-electron chi connectivity index (χ4n) is 4.33. The van der Waals surface area contributed by atoms with Crippen LogP contribution in [0.2, 0.25) is 0 Å². The van der Waals surface area contributed by atoms with Crippen molar-refractivity contribution < 1.29 is 19.1 Å². The van der Waals surface area contributed by atoms with Crippen LogP contribution in [0.4, 0.5) is 4.39 Å². The highest BCUT2D eigenvalue weighted by atomic mass is 19.1. The topological polar surface area (TPSA) is 99.5 Å². The molecule has 1 aromatic heterocycles. The number of amides is 2. The van der Waals surface area contributed by atoms with Crippen molar-refractivity contribution in [3.8, 4) is 0 Å². The highest BCUT2D eigenvalue weighted by molar-refractivity contribution is 5.94. The van der Waals surface area contributed by atoms with Gasteiger partial charge in [0.1, 0.15) is 5.82 Å². The number of hydrogen-bond donors (Lipinski definition) is 3. The first-order valence-corrected chi connectivity index (χ1v) is 11.3. The van der Waals surface area contributed by atoms with Crippen molar-refractivity contribution in [2.24, 2.45) is 10.9 Å². The maximum atomic E-state index is 13.3. The van der Waals surface area contributed by atoms with Crippen LogP contribution < -0.4 is 10.9 Å². The molecule has 1 heterocycles. The number of aromatic amines is 1. The van der Waals surface area contributed by atoms with Crippen LogP contribution in [-0.4, -0.2) is 32.5 Å². The number of nitrogens with zero attached hydrogens (tertiary/aromatic N) is 2. The molecule has 33 heavy (non-hydrogen) atoms. The van der Waals surface area contributed by atoms with E-state index in [0.717, 1.165) is 42.3 Å². The van der Waals surface area contributed by atoms with Crippen molar-refractivity contribution in [3.05, 3.63) is 65.0 Å². The number of hydrogen-bond acceptors (Lipinski definition) is 3. The Hall–Kier alpha value is -3.26. The van der Waals surface area contributed by atoms with E-state index in [1.54, 1.807) is 0 Å². The third-order valence-electron chi connectivity index (χ3n) is 6.21. The summed E-state index contributed by atoms with van der Waals surface area (Å²) in [5.74, 6) is -0.863. The molecule has 2 amide bonds. The summed E-state index contributed by atoms with van der Waals surface area (Å²) in [5.41, 5.74) is 3.17. The highest BCUT2D eigenvalue weighted by Crippen LogP contribution is 2.30. The van der Waals surface area contributed by atoms with Crippen molar-refractivity contribution in [1.82, 2.24) is 14.9 Å². The van der Waals surface area contributed by atoms with E-state index in [2.05, 4.69) is 15.3 Å². The van der Waals surface area contributed by atoms with E-state index in [-0.39, 0.29) is 30.5 Å². The number of halogens is 1. The number of nitrogens with one attached hydrogen (secondary N) is 2. The predicted molar refractivity (Wildman–Crippen MR) is 123 cm³/mol. The van der Waals surface area contributed by atoms with Gasteiger partial charge in [-0.3, -0.25) is 9.59 Å². The highest BCUT2D eigenvalue weighted by Gasteiger charge is 2.26. The summed E-state index contributed by atoms with van der Waals surface area (Å²) >= 11 is 0. The summed E-state index contributed by atoms with van der Waals surface area (Å²) in [7, 11) is 0. The number of aliphatic hydroxyl groups excluding tert-OH is 1.